The van der Waals surface area contributed by atoms with Gasteiger partial charge in [0.2, 0.25) is 5.91 Å². The number of unbranched alkanes of at least 4 members (excludes halogenated alkanes) is 1. The van der Waals surface area contributed by atoms with Crippen LogP contribution in [0.2, 0.25) is 0 Å². The average molecular weight is 497 g/mol. The molecule has 9 heteroatoms. The third-order valence-corrected chi connectivity index (χ3v) is 6.78. The van der Waals surface area contributed by atoms with E-state index in [2.05, 4.69) is 28.5 Å². The van der Waals surface area contributed by atoms with Crippen LogP contribution in [-0.4, -0.2) is 36.3 Å². The molecule has 0 atom stereocenters. The Morgan fingerprint density at radius 3 is 2.70 bits per heavy atom. The summed E-state index contributed by atoms with van der Waals surface area (Å²) in [6, 6.07) is 15.7. The molecule has 5 aromatic rings. The zero-order valence-corrected chi connectivity index (χ0v) is 20.7. The summed E-state index contributed by atoms with van der Waals surface area (Å²) in [5.74, 6) is 0.529. The molecule has 3 aromatic heterocycles. The van der Waals surface area contributed by atoms with Crippen molar-refractivity contribution in [2.75, 3.05) is 11.9 Å². The molecule has 9 nitrogen and oxygen atoms in total. The van der Waals surface area contributed by atoms with E-state index in [4.69, 9.17) is 4.74 Å². The fourth-order valence-corrected chi connectivity index (χ4v) is 4.82. The van der Waals surface area contributed by atoms with Crippen LogP contribution in [0, 0.1) is 0 Å². The molecule has 0 fully saturated rings. The first-order chi connectivity index (χ1) is 18.1. The van der Waals surface area contributed by atoms with Gasteiger partial charge >= 0.3 is 5.69 Å². The number of aromatic nitrogens is 5. The van der Waals surface area contributed by atoms with Gasteiger partial charge in [-0.25, -0.2) is 18.4 Å². The number of ether oxygens (including phenoxy) is 1. The van der Waals surface area contributed by atoms with Gasteiger partial charge in [0.25, 0.3) is 0 Å². The van der Waals surface area contributed by atoms with Gasteiger partial charge in [0.15, 0.2) is 5.65 Å². The summed E-state index contributed by atoms with van der Waals surface area (Å²) in [6.07, 6.45) is 8.71. The number of aryl methyl sites for hydroxylation is 2. The zero-order chi connectivity index (χ0) is 25.4. The lowest BCUT2D eigenvalue weighted by Crippen LogP contribution is -2.28. The van der Waals surface area contributed by atoms with Crippen molar-refractivity contribution in [2.24, 2.45) is 0 Å². The summed E-state index contributed by atoms with van der Waals surface area (Å²) < 4.78 is 10.1. The van der Waals surface area contributed by atoms with Gasteiger partial charge in [0.1, 0.15) is 17.8 Å². The highest BCUT2D eigenvalue weighted by Gasteiger charge is 2.16. The molecular weight excluding hydrogens is 468 g/mol. The molecule has 0 aliphatic heterocycles. The highest BCUT2D eigenvalue weighted by Crippen LogP contribution is 2.25. The summed E-state index contributed by atoms with van der Waals surface area (Å²) >= 11 is 0. The second-order valence-electron chi connectivity index (χ2n) is 9.40. The fourth-order valence-electron chi connectivity index (χ4n) is 4.82. The quantitative estimate of drug-likeness (QED) is 0.326. The maximum absolute atomic E-state index is 13.0. The van der Waals surface area contributed by atoms with Crippen LogP contribution in [0.15, 0.2) is 65.7 Å². The predicted molar refractivity (Wildman–Crippen MR) is 141 cm³/mol. The SMILES string of the molecule is CCCCOc1ccc(-c2cc3c4nn(CC(=O)Nc5ccc6c(c5)CCC6)c(=O)n4ccn3n2)cc1. The molecule has 0 saturated heterocycles. The Hall–Kier alpha value is -4.40. The lowest BCUT2D eigenvalue weighted by molar-refractivity contribution is -0.117. The first-order valence-electron chi connectivity index (χ1n) is 12.7. The minimum atomic E-state index is -0.377. The molecule has 0 unspecified atom stereocenters. The molecule has 1 aliphatic carbocycles. The zero-order valence-electron chi connectivity index (χ0n) is 20.7. The van der Waals surface area contributed by atoms with E-state index < -0.39 is 0 Å². The standard InChI is InChI=1S/C28H28N6O3/c1-2-3-15-37-23-11-8-20(9-12-23)24-17-25-27-31-34(28(36)32(27)13-14-33(25)30-24)18-26(35)29-22-10-7-19-5-4-6-21(19)16-22/h7-14,16-17H,2-6,15,18H2,1H3,(H,29,35). The predicted octanol–water partition coefficient (Wildman–Crippen LogP) is 4.12. The van der Waals surface area contributed by atoms with E-state index in [1.165, 1.54) is 20.2 Å². The molecule has 1 N–H and O–H groups in total. The van der Waals surface area contributed by atoms with Crippen LogP contribution in [0.1, 0.15) is 37.3 Å². The van der Waals surface area contributed by atoms with Crippen molar-refractivity contribution in [1.29, 1.82) is 0 Å². The topological polar surface area (TPSA) is 94.9 Å². The van der Waals surface area contributed by atoms with Crippen LogP contribution < -0.4 is 15.7 Å². The second kappa shape index (κ2) is 9.57. The lowest BCUT2D eigenvalue weighted by atomic mass is 10.1. The molecule has 0 spiro atoms. The number of anilines is 1. The van der Waals surface area contributed by atoms with Crippen LogP contribution in [0.4, 0.5) is 5.69 Å². The van der Waals surface area contributed by atoms with E-state index in [0.29, 0.717) is 17.8 Å². The molecule has 37 heavy (non-hydrogen) atoms. The van der Waals surface area contributed by atoms with Gasteiger partial charge < -0.3 is 10.1 Å². The van der Waals surface area contributed by atoms with Crippen molar-refractivity contribution < 1.29 is 9.53 Å². The van der Waals surface area contributed by atoms with Crippen LogP contribution in [0.25, 0.3) is 22.4 Å². The molecule has 6 rings (SSSR count). The second-order valence-corrected chi connectivity index (χ2v) is 9.40. The van der Waals surface area contributed by atoms with Crippen molar-refractivity contribution in [3.63, 3.8) is 0 Å². The summed E-state index contributed by atoms with van der Waals surface area (Å²) in [4.78, 5) is 25.7. The Labute approximate surface area is 213 Å². The Balaban J connectivity index is 1.24. The average Bonchev–Trinajstić information content (AvgIpc) is 3.62. The molecule has 0 radical (unpaired) electrons. The van der Waals surface area contributed by atoms with Gasteiger partial charge in [-0.2, -0.15) is 5.10 Å². The van der Waals surface area contributed by atoms with Gasteiger partial charge in [0.05, 0.1) is 12.3 Å². The number of amides is 1. The van der Waals surface area contributed by atoms with E-state index >= 15 is 0 Å². The number of nitrogens with zero attached hydrogens (tertiary/aromatic N) is 5. The normalized spacial score (nSPS) is 12.8. The maximum Gasteiger partial charge on any atom is 0.350 e. The summed E-state index contributed by atoms with van der Waals surface area (Å²) in [6.45, 7) is 2.66. The van der Waals surface area contributed by atoms with Gasteiger partial charge in [0, 0.05) is 23.6 Å². The van der Waals surface area contributed by atoms with E-state index in [1.54, 1.807) is 16.9 Å². The van der Waals surface area contributed by atoms with Gasteiger partial charge in [-0.15, -0.1) is 5.10 Å². The number of rotatable bonds is 8. The number of benzene rings is 2. The number of fused-ring (bicyclic) bond motifs is 4. The monoisotopic (exact) mass is 496 g/mol. The highest BCUT2D eigenvalue weighted by atomic mass is 16.5. The largest absolute Gasteiger partial charge is 0.494 e. The van der Waals surface area contributed by atoms with Crippen molar-refractivity contribution >= 4 is 22.8 Å². The van der Waals surface area contributed by atoms with Gasteiger partial charge in [-0.3, -0.25) is 4.79 Å². The highest BCUT2D eigenvalue weighted by molar-refractivity contribution is 5.90. The number of nitrogens with one attached hydrogen (secondary N) is 1. The minimum absolute atomic E-state index is 0.176. The number of carbonyl (C=O) groups is 1. The maximum atomic E-state index is 13.0. The van der Waals surface area contributed by atoms with Gasteiger partial charge in [-0.1, -0.05) is 19.4 Å². The van der Waals surface area contributed by atoms with Crippen LogP contribution in [0.5, 0.6) is 5.75 Å². The third-order valence-electron chi connectivity index (χ3n) is 6.78. The van der Waals surface area contributed by atoms with Crippen LogP contribution >= 0.6 is 0 Å². The summed E-state index contributed by atoms with van der Waals surface area (Å²) in [7, 11) is 0. The Kier molecular flexibility index (Phi) is 5.96. The van der Waals surface area contributed by atoms with E-state index in [-0.39, 0.29) is 18.1 Å². The Morgan fingerprint density at radius 2 is 1.86 bits per heavy atom. The first kappa shape index (κ1) is 23.0. The Bertz CT molecular complexity index is 1660. The van der Waals surface area contributed by atoms with Gasteiger partial charge in [-0.05, 0) is 79.3 Å². The number of hydrogen-bond donors (Lipinski definition) is 1. The number of hydrogen-bond acceptors (Lipinski definition) is 5. The third kappa shape index (κ3) is 4.48. The van der Waals surface area contributed by atoms with Crippen molar-refractivity contribution in [3.05, 3.63) is 82.5 Å². The molecule has 0 saturated carbocycles. The molecule has 3 heterocycles. The van der Waals surface area contributed by atoms with E-state index in [1.807, 2.05) is 42.5 Å². The summed E-state index contributed by atoms with van der Waals surface area (Å²) in [5, 5.41) is 12.0. The van der Waals surface area contributed by atoms with Crippen molar-refractivity contribution in [2.45, 2.75) is 45.6 Å². The molecule has 1 amide bonds. The van der Waals surface area contributed by atoms with Crippen LogP contribution in [0.3, 0.4) is 0 Å². The van der Waals surface area contributed by atoms with Crippen molar-refractivity contribution in [1.82, 2.24) is 23.8 Å². The molecule has 1 aliphatic rings. The molecular formula is C28H28N6O3. The van der Waals surface area contributed by atoms with E-state index in [0.717, 1.165) is 54.8 Å². The number of carbonyl (C=O) groups excluding carboxylic acids is 1. The molecule has 2 aromatic carbocycles. The molecule has 0 bridgehead atoms. The smallest absolute Gasteiger partial charge is 0.350 e. The lowest BCUT2D eigenvalue weighted by Gasteiger charge is -2.07. The van der Waals surface area contributed by atoms with Crippen molar-refractivity contribution in [3.8, 4) is 17.0 Å². The first-order valence-corrected chi connectivity index (χ1v) is 12.7. The minimum Gasteiger partial charge on any atom is -0.494 e. The van der Waals surface area contributed by atoms with Crippen LogP contribution in [-0.2, 0) is 24.2 Å². The van der Waals surface area contributed by atoms with E-state index in [9.17, 15) is 9.59 Å². The summed E-state index contributed by atoms with van der Waals surface area (Å²) in [5.41, 5.74) is 5.79. The Morgan fingerprint density at radius 1 is 1.03 bits per heavy atom. The fraction of sp³-hybridized carbons (Fsp3) is 0.286. The molecule has 188 valence electrons.